The summed E-state index contributed by atoms with van der Waals surface area (Å²) in [6.07, 6.45) is 3.53. The lowest BCUT2D eigenvalue weighted by atomic mass is 10.2. The standard InChI is InChI=1S/C17H15BrN6O2/c18-14-7-5-12(6-8-14)10-23-11-13(15-3-1-2-4-16(15)23)9-20-21-17(19)22-24(25)26/h1-9,11H,10H2,(H3,19,21,22)/b20-9-. The Labute approximate surface area is 157 Å². The van der Waals surface area contributed by atoms with Crippen LogP contribution in [0.4, 0.5) is 0 Å². The van der Waals surface area contributed by atoms with Crippen LogP contribution in [0.5, 0.6) is 0 Å². The predicted molar refractivity (Wildman–Crippen MR) is 105 cm³/mol. The van der Waals surface area contributed by atoms with Crippen molar-refractivity contribution in [2.24, 2.45) is 15.9 Å². The third-order valence-corrected chi connectivity index (χ3v) is 4.19. The van der Waals surface area contributed by atoms with E-state index < -0.39 is 5.03 Å². The third kappa shape index (κ3) is 4.25. The van der Waals surface area contributed by atoms with E-state index in [9.17, 15) is 10.1 Å². The molecule has 132 valence electrons. The van der Waals surface area contributed by atoms with Gasteiger partial charge in [0.1, 0.15) is 5.10 Å². The van der Waals surface area contributed by atoms with Gasteiger partial charge in [-0.25, -0.2) is 15.5 Å². The van der Waals surface area contributed by atoms with Crippen molar-refractivity contribution in [1.82, 2.24) is 9.99 Å². The van der Waals surface area contributed by atoms with Crippen molar-refractivity contribution in [3.63, 3.8) is 0 Å². The number of hydrazone groups is 2. The van der Waals surface area contributed by atoms with Gasteiger partial charge in [0, 0.05) is 33.7 Å². The van der Waals surface area contributed by atoms with Gasteiger partial charge in [-0.15, -0.1) is 0 Å². The molecular formula is C17H15BrN6O2. The number of hydrogen-bond donors (Lipinski definition) is 2. The molecule has 0 saturated heterocycles. The maximum absolute atomic E-state index is 10.3. The van der Waals surface area contributed by atoms with Gasteiger partial charge in [0.25, 0.3) is 5.96 Å². The summed E-state index contributed by atoms with van der Waals surface area (Å²) < 4.78 is 3.15. The first-order chi connectivity index (χ1) is 12.5. The summed E-state index contributed by atoms with van der Waals surface area (Å²) >= 11 is 3.44. The quantitative estimate of drug-likeness (QED) is 0.289. The minimum atomic E-state index is -0.887. The zero-order valence-corrected chi connectivity index (χ0v) is 15.1. The fourth-order valence-electron chi connectivity index (χ4n) is 2.57. The van der Waals surface area contributed by atoms with Crippen LogP contribution in [-0.2, 0) is 6.54 Å². The Hall–Kier alpha value is -3.20. The highest BCUT2D eigenvalue weighted by Crippen LogP contribution is 2.21. The number of para-hydroxylation sites is 1. The van der Waals surface area contributed by atoms with Crippen LogP contribution in [0.25, 0.3) is 10.9 Å². The van der Waals surface area contributed by atoms with Crippen LogP contribution < -0.4 is 11.2 Å². The van der Waals surface area contributed by atoms with E-state index in [4.69, 9.17) is 5.73 Å². The van der Waals surface area contributed by atoms with Crippen molar-refractivity contribution in [3.05, 3.63) is 80.4 Å². The van der Waals surface area contributed by atoms with Crippen molar-refractivity contribution in [2.75, 3.05) is 0 Å². The molecule has 1 heterocycles. The number of benzene rings is 2. The Balaban J connectivity index is 1.87. The Morgan fingerprint density at radius 2 is 2.00 bits per heavy atom. The van der Waals surface area contributed by atoms with Crippen molar-refractivity contribution in [2.45, 2.75) is 6.54 Å². The maximum atomic E-state index is 10.3. The number of guanidine groups is 1. The van der Waals surface area contributed by atoms with E-state index in [1.807, 2.05) is 42.6 Å². The number of rotatable bonds is 5. The lowest BCUT2D eigenvalue weighted by Crippen LogP contribution is -2.28. The van der Waals surface area contributed by atoms with Gasteiger partial charge in [-0.3, -0.25) is 0 Å². The number of halogens is 1. The number of nitrogens with two attached hydrogens (primary N) is 1. The molecule has 0 radical (unpaired) electrons. The van der Waals surface area contributed by atoms with Gasteiger partial charge >= 0.3 is 0 Å². The lowest BCUT2D eigenvalue weighted by molar-refractivity contribution is -0.485. The van der Waals surface area contributed by atoms with E-state index in [0.717, 1.165) is 26.5 Å². The number of nitro groups is 1. The van der Waals surface area contributed by atoms with Crippen LogP contribution in [0.1, 0.15) is 11.1 Å². The highest BCUT2D eigenvalue weighted by Gasteiger charge is 2.07. The molecule has 0 aliphatic heterocycles. The van der Waals surface area contributed by atoms with E-state index in [1.54, 1.807) is 6.21 Å². The van der Waals surface area contributed by atoms with Crippen molar-refractivity contribution in [1.29, 1.82) is 0 Å². The molecule has 0 aliphatic carbocycles. The van der Waals surface area contributed by atoms with Crippen LogP contribution in [0.15, 0.2) is 69.4 Å². The molecule has 8 nitrogen and oxygen atoms in total. The van der Waals surface area contributed by atoms with E-state index in [-0.39, 0.29) is 5.96 Å². The van der Waals surface area contributed by atoms with Crippen LogP contribution in [0.2, 0.25) is 0 Å². The Morgan fingerprint density at radius 3 is 2.73 bits per heavy atom. The van der Waals surface area contributed by atoms with E-state index in [1.165, 1.54) is 0 Å². The molecule has 3 aromatic rings. The van der Waals surface area contributed by atoms with Crippen molar-refractivity contribution >= 4 is 39.0 Å². The van der Waals surface area contributed by atoms with E-state index in [2.05, 4.69) is 48.3 Å². The third-order valence-electron chi connectivity index (χ3n) is 3.66. The average Bonchev–Trinajstić information content (AvgIpc) is 2.94. The molecule has 2 aromatic carbocycles. The summed E-state index contributed by atoms with van der Waals surface area (Å²) in [5, 5.41) is 17.2. The van der Waals surface area contributed by atoms with Gasteiger partial charge in [-0.05, 0) is 23.8 Å². The Bertz CT molecular complexity index is 994. The summed E-state index contributed by atoms with van der Waals surface area (Å²) in [5.74, 6) is -0.384. The molecule has 0 saturated carbocycles. The summed E-state index contributed by atoms with van der Waals surface area (Å²) in [5.41, 5.74) is 10.8. The van der Waals surface area contributed by atoms with Gasteiger partial charge in [0.15, 0.2) is 5.03 Å². The molecule has 1 aromatic heterocycles. The molecule has 0 amide bonds. The highest BCUT2D eigenvalue weighted by molar-refractivity contribution is 9.10. The molecule has 0 unspecified atom stereocenters. The largest absolute Gasteiger partial charge is 0.363 e. The number of aromatic nitrogens is 1. The van der Waals surface area contributed by atoms with Crippen molar-refractivity contribution < 1.29 is 5.03 Å². The van der Waals surface area contributed by atoms with Gasteiger partial charge in [-0.2, -0.15) is 5.10 Å². The zero-order valence-electron chi connectivity index (χ0n) is 13.5. The molecule has 0 bridgehead atoms. The van der Waals surface area contributed by atoms with E-state index in [0.29, 0.717) is 6.54 Å². The first-order valence-corrected chi connectivity index (χ1v) is 8.42. The fraction of sp³-hybridized carbons (Fsp3) is 0.0588. The summed E-state index contributed by atoms with van der Waals surface area (Å²) in [4.78, 5) is 10.3. The summed E-state index contributed by atoms with van der Waals surface area (Å²) in [6.45, 7) is 0.708. The smallest absolute Gasteiger partial charge is 0.286 e. The Kier molecular flexibility index (Phi) is 5.28. The fourth-order valence-corrected chi connectivity index (χ4v) is 2.84. The van der Waals surface area contributed by atoms with Gasteiger partial charge < -0.3 is 10.3 Å². The van der Waals surface area contributed by atoms with Gasteiger partial charge in [-0.1, -0.05) is 46.3 Å². The summed E-state index contributed by atoms with van der Waals surface area (Å²) in [7, 11) is 0. The topological polar surface area (TPSA) is 111 Å². The van der Waals surface area contributed by atoms with Crippen LogP contribution >= 0.6 is 15.9 Å². The maximum Gasteiger partial charge on any atom is 0.286 e. The first-order valence-electron chi connectivity index (χ1n) is 7.63. The predicted octanol–water partition coefficient (Wildman–Crippen LogP) is 2.88. The second-order valence-electron chi connectivity index (χ2n) is 5.45. The molecule has 26 heavy (non-hydrogen) atoms. The van der Waals surface area contributed by atoms with E-state index >= 15 is 0 Å². The molecule has 3 rings (SSSR count). The number of hydrogen-bond acceptors (Lipinski definition) is 3. The monoisotopic (exact) mass is 414 g/mol. The molecular weight excluding hydrogens is 400 g/mol. The minimum Gasteiger partial charge on any atom is -0.363 e. The molecule has 3 N–H and O–H groups in total. The van der Waals surface area contributed by atoms with Gasteiger partial charge in [0.2, 0.25) is 0 Å². The average molecular weight is 415 g/mol. The highest BCUT2D eigenvalue weighted by atomic mass is 79.9. The summed E-state index contributed by atoms with van der Waals surface area (Å²) in [6, 6.07) is 16.1. The molecule has 0 aliphatic rings. The number of nitrogens with zero attached hydrogens (tertiary/aromatic N) is 4. The molecule has 0 fully saturated rings. The SMILES string of the molecule is N/C(=N/[N+](=O)[O-])N/N=C\c1cn(Cc2ccc(Br)cc2)c2ccccc12. The number of fused-ring (bicyclic) bond motifs is 1. The normalized spacial score (nSPS) is 12.0. The molecule has 0 atom stereocenters. The first kappa shape index (κ1) is 17.6. The second kappa shape index (κ2) is 7.79. The lowest BCUT2D eigenvalue weighted by Gasteiger charge is -2.05. The van der Waals surface area contributed by atoms with Gasteiger partial charge in [0.05, 0.1) is 6.21 Å². The van der Waals surface area contributed by atoms with Crippen LogP contribution in [0, 0.1) is 10.1 Å². The van der Waals surface area contributed by atoms with Crippen LogP contribution in [-0.4, -0.2) is 21.8 Å². The molecule has 9 heteroatoms. The molecule has 0 spiro atoms. The minimum absolute atomic E-state index is 0.384. The second-order valence-corrected chi connectivity index (χ2v) is 6.36. The van der Waals surface area contributed by atoms with Crippen LogP contribution in [0.3, 0.4) is 0 Å². The van der Waals surface area contributed by atoms with Crippen molar-refractivity contribution in [3.8, 4) is 0 Å². The zero-order chi connectivity index (χ0) is 18.5. The number of nitrogens with one attached hydrogen (secondary N) is 1. The Morgan fingerprint density at radius 1 is 1.27 bits per heavy atom.